The highest BCUT2D eigenvalue weighted by atomic mass is 79.9. The predicted molar refractivity (Wildman–Crippen MR) is 86.7 cm³/mol. The Morgan fingerprint density at radius 3 is 2.75 bits per heavy atom. The molecule has 1 aromatic carbocycles. The first-order valence-electron chi connectivity index (χ1n) is 6.33. The lowest BCUT2D eigenvalue weighted by Crippen LogP contribution is -2.26. The molecule has 0 fully saturated rings. The van der Waals surface area contributed by atoms with Crippen molar-refractivity contribution in [1.29, 1.82) is 0 Å². The van der Waals surface area contributed by atoms with Gasteiger partial charge in [0.1, 0.15) is 0 Å². The van der Waals surface area contributed by atoms with E-state index in [1.54, 1.807) is 23.5 Å². The van der Waals surface area contributed by atoms with Crippen molar-refractivity contribution in [3.05, 3.63) is 50.6 Å². The van der Waals surface area contributed by atoms with Crippen molar-refractivity contribution in [2.75, 3.05) is 6.54 Å². The predicted octanol–water partition coefficient (Wildman–Crippen LogP) is 3.59. The fraction of sp³-hybridized carbons (Fsp3) is 0.286. The monoisotopic (exact) mass is 373 g/mol. The third-order valence-corrected chi connectivity index (χ3v) is 5.93. The van der Waals surface area contributed by atoms with Crippen molar-refractivity contribution < 1.29 is 8.42 Å². The Balaban J connectivity index is 2.10. The number of sulfonamides is 1. The Labute approximate surface area is 132 Å². The van der Waals surface area contributed by atoms with Crippen LogP contribution in [0.15, 0.2) is 45.1 Å². The van der Waals surface area contributed by atoms with E-state index in [1.807, 2.05) is 30.5 Å². The SMILES string of the molecule is CCc1cc(Br)ccc1S(=O)(=O)NCCc1cccs1. The number of rotatable bonds is 6. The second-order valence-electron chi connectivity index (χ2n) is 4.33. The topological polar surface area (TPSA) is 46.2 Å². The van der Waals surface area contributed by atoms with Crippen molar-refractivity contribution in [3.63, 3.8) is 0 Å². The largest absolute Gasteiger partial charge is 0.240 e. The molecule has 0 atom stereocenters. The normalized spacial score (nSPS) is 11.7. The average Bonchev–Trinajstić information content (AvgIpc) is 2.91. The number of hydrogen-bond acceptors (Lipinski definition) is 3. The molecule has 0 saturated carbocycles. The van der Waals surface area contributed by atoms with Crippen LogP contribution in [0.2, 0.25) is 0 Å². The van der Waals surface area contributed by atoms with Crippen molar-refractivity contribution in [2.45, 2.75) is 24.7 Å². The molecular formula is C14H16BrNO2S2. The molecule has 6 heteroatoms. The van der Waals surface area contributed by atoms with Gasteiger partial charge in [-0.2, -0.15) is 0 Å². The zero-order chi connectivity index (χ0) is 14.6. The molecule has 0 saturated heterocycles. The molecule has 0 bridgehead atoms. The van der Waals surface area contributed by atoms with Crippen LogP contribution in [-0.4, -0.2) is 15.0 Å². The van der Waals surface area contributed by atoms with Gasteiger partial charge in [0, 0.05) is 15.9 Å². The van der Waals surface area contributed by atoms with Crippen LogP contribution >= 0.6 is 27.3 Å². The van der Waals surface area contributed by atoms with Crippen LogP contribution in [0.3, 0.4) is 0 Å². The van der Waals surface area contributed by atoms with Gasteiger partial charge in [-0.25, -0.2) is 13.1 Å². The van der Waals surface area contributed by atoms with Gasteiger partial charge < -0.3 is 0 Å². The number of halogens is 1. The van der Waals surface area contributed by atoms with E-state index in [9.17, 15) is 8.42 Å². The average molecular weight is 374 g/mol. The Bertz CT molecular complexity index is 666. The smallest absolute Gasteiger partial charge is 0.211 e. The summed E-state index contributed by atoms with van der Waals surface area (Å²) < 4.78 is 28.2. The zero-order valence-corrected chi connectivity index (χ0v) is 14.3. The maximum absolute atomic E-state index is 12.3. The van der Waals surface area contributed by atoms with Crippen molar-refractivity contribution in [1.82, 2.24) is 4.72 Å². The number of aryl methyl sites for hydroxylation is 1. The van der Waals surface area contributed by atoms with E-state index < -0.39 is 10.0 Å². The maximum Gasteiger partial charge on any atom is 0.240 e. The Morgan fingerprint density at radius 1 is 1.30 bits per heavy atom. The summed E-state index contributed by atoms with van der Waals surface area (Å²) in [5.74, 6) is 0. The molecule has 1 aromatic heterocycles. The standard InChI is InChI=1S/C14H16BrNO2S2/c1-2-11-10-12(15)5-6-14(11)20(17,18)16-8-7-13-4-3-9-19-13/h3-6,9-10,16H,2,7-8H2,1H3. The molecule has 1 heterocycles. The molecule has 0 radical (unpaired) electrons. The molecule has 2 aromatic rings. The molecule has 0 aliphatic rings. The van der Waals surface area contributed by atoms with Crippen LogP contribution in [0.25, 0.3) is 0 Å². The number of thiophene rings is 1. The lowest BCUT2D eigenvalue weighted by molar-refractivity contribution is 0.580. The number of benzene rings is 1. The molecule has 1 N–H and O–H groups in total. The highest BCUT2D eigenvalue weighted by Gasteiger charge is 2.17. The summed E-state index contributed by atoms with van der Waals surface area (Å²) in [7, 11) is -3.44. The Hall–Kier alpha value is -0.690. The van der Waals surface area contributed by atoms with Gasteiger partial charge in [-0.3, -0.25) is 0 Å². The molecule has 2 rings (SSSR count). The van der Waals surface area contributed by atoms with E-state index in [0.717, 1.165) is 16.5 Å². The quantitative estimate of drug-likeness (QED) is 0.840. The maximum atomic E-state index is 12.3. The van der Waals surface area contributed by atoms with E-state index in [1.165, 1.54) is 4.88 Å². The number of nitrogens with one attached hydrogen (secondary N) is 1. The van der Waals surface area contributed by atoms with E-state index in [4.69, 9.17) is 0 Å². The molecule has 0 spiro atoms. The first kappa shape index (κ1) is 15.7. The van der Waals surface area contributed by atoms with Gasteiger partial charge in [-0.05, 0) is 48.1 Å². The molecule has 108 valence electrons. The highest BCUT2D eigenvalue weighted by Crippen LogP contribution is 2.21. The third-order valence-electron chi connectivity index (χ3n) is 2.94. The van der Waals surface area contributed by atoms with E-state index >= 15 is 0 Å². The summed E-state index contributed by atoms with van der Waals surface area (Å²) in [6, 6.07) is 9.24. The van der Waals surface area contributed by atoms with Crippen LogP contribution in [0.4, 0.5) is 0 Å². The minimum absolute atomic E-state index is 0.370. The van der Waals surface area contributed by atoms with Crippen molar-refractivity contribution in [2.24, 2.45) is 0 Å². The van der Waals surface area contributed by atoms with Crippen LogP contribution in [-0.2, 0) is 22.9 Å². The van der Waals surface area contributed by atoms with Gasteiger partial charge in [-0.15, -0.1) is 11.3 Å². The highest BCUT2D eigenvalue weighted by molar-refractivity contribution is 9.10. The summed E-state index contributed by atoms with van der Waals surface area (Å²) in [5.41, 5.74) is 0.822. The lowest BCUT2D eigenvalue weighted by atomic mass is 10.2. The first-order chi connectivity index (χ1) is 9.53. The molecule has 0 aliphatic carbocycles. The third kappa shape index (κ3) is 3.91. The summed E-state index contributed by atoms with van der Waals surface area (Å²) in [6.07, 6.45) is 1.40. The minimum Gasteiger partial charge on any atom is -0.211 e. The van der Waals surface area contributed by atoms with E-state index in [-0.39, 0.29) is 0 Å². The van der Waals surface area contributed by atoms with E-state index in [0.29, 0.717) is 17.9 Å². The van der Waals surface area contributed by atoms with Crippen LogP contribution in [0, 0.1) is 0 Å². The van der Waals surface area contributed by atoms with Gasteiger partial charge in [0.05, 0.1) is 4.90 Å². The summed E-state index contributed by atoms with van der Waals surface area (Å²) in [5, 5.41) is 1.99. The van der Waals surface area contributed by atoms with Crippen molar-refractivity contribution in [3.8, 4) is 0 Å². The molecular weight excluding hydrogens is 358 g/mol. The van der Waals surface area contributed by atoms with Gasteiger partial charge in [0.2, 0.25) is 10.0 Å². The Kier molecular flexibility index (Phi) is 5.37. The molecule has 3 nitrogen and oxygen atoms in total. The lowest BCUT2D eigenvalue weighted by Gasteiger charge is -2.10. The fourth-order valence-corrected chi connectivity index (χ4v) is 4.37. The molecule has 0 unspecified atom stereocenters. The number of hydrogen-bond donors (Lipinski definition) is 1. The van der Waals surface area contributed by atoms with Gasteiger partial charge >= 0.3 is 0 Å². The van der Waals surface area contributed by atoms with Gasteiger partial charge in [-0.1, -0.05) is 28.9 Å². The Morgan fingerprint density at radius 2 is 2.10 bits per heavy atom. The molecule has 0 aliphatic heterocycles. The van der Waals surface area contributed by atoms with E-state index in [2.05, 4.69) is 20.7 Å². The summed E-state index contributed by atoms with van der Waals surface area (Å²) >= 11 is 5.01. The van der Waals surface area contributed by atoms with Crippen LogP contribution < -0.4 is 4.72 Å². The molecule has 20 heavy (non-hydrogen) atoms. The second-order valence-corrected chi connectivity index (χ2v) is 8.02. The first-order valence-corrected chi connectivity index (χ1v) is 9.49. The van der Waals surface area contributed by atoms with Crippen LogP contribution in [0.5, 0.6) is 0 Å². The molecule has 0 amide bonds. The fourth-order valence-electron chi connectivity index (χ4n) is 1.93. The summed E-state index contributed by atoms with van der Waals surface area (Å²) in [4.78, 5) is 1.55. The van der Waals surface area contributed by atoms with Crippen molar-refractivity contribution >= 4 is 37.3 Å². The zero-order valence-electron chi connectivity index (χ0n) is 11.1. The van der Waals surface area contributed by atoms with Crippen LogP contribution in [0.1, 0.15) is 17.4 Å². The van der Waals surface area contributed by atoms with Gasteiger partial charge in [0.15, 0.2) is 0 Å². The van der Waals surface area contributed by atoms with Gasteiger partial charge in [0.25, 0.3) is 0 Å². The minimum atomic E-state index is -3.44. The second kappa shape index (κ2) is 6.85. The summed E-state index contributed by atoms with van der Waals surface area (Å²) in [6.45, 7) is 2.37.